The molecule has 42 heavy (non-hydrogen) atoms. The smallest absolute Gasteiger partial charge is 0.254 e. The van der Waals surface area contributed by atoms with E-state index in [1.807, 2.05) is 39.0 Å². The van der Waals surface area contributed by atoms with Crippen LogP contribution in [-0.2, 0) is 10.2 Å². The number of nitrogens with one attached hydrogen (secondary N) is 1. The summed E-state index contributed by atoms with van der Waals surface area (Å²) in [5.74, 6) is -1.18. The Morgan fingerprint density at radius 2 is 1.98 bits per heavy atom. The maximum Gasteiger partial charge on any atom is 0.254 e. The summed E-state index contributed by atoms with van der Waals surface area (Å²) in [6, 6.07) is 14.3. The lowest BCUT2D eigenvalue weighted by molar-refractivity contribution is -0.121. The number of carbonyl (C=O) groups excluding carboxylic acids is 2. The van der Waals surface area contributed by atoms with Crippen LogP contribution in [0.4, 0.5) is 10.1 Å². The summed E-state index contributed by atoms with van der Waals surface area (Å²) in [6.45, 7) is 6.39. The lowest BCUT2D eigenvalue weighted by Gasteiger charge is -2.29. The first-order valence-electron chi connectivity index (χ1n) is 14.0. The first-order valence-corrected chi connectivity index (χ1v) is 14.0. The number of aliphatic hydroxyl groups is 1. The van der Waals surface area contributed by atoms with Crippen molar-refractivity contribution in [3.05, 3.63) is 83.3 Å². The van der Waals surface area contributed by atoms with Crippen LogP contribution in [-0.4, -0.2) is 61.9 Å². The van der Waals surface area contributed by atoms with Crippen molar-refractivity contribution in [2.45, 2.75) is 57.6 Å². The molecule has 2 heterocycles. The highest BCUT2D eigenvalue weighted by Gasteiger charge is 2.33. The molecule has 2 atom stereocenters. The maximum absolute atomic E-state index is 13.8. The number of aryl methyl sites for hydroxylation is 1. The van der Waals surface area contributed by atoms with Crippen LogP contribution >= 0.6 is 0 Å². The van der Waals surface area contributed by atoms with Gasteiger partial charge in [0.15, 0.2) is 0 Å². The van der Waals surface area contributed by atoms with Gasteiger partial charge in [0.05, 0.1) is 23.5 Å². The van der Waals surface area contributed by atoms with Gasteiger partial charge in [-0.3, -0.25) is 9.59 Å². The zero-order valence-corrected chi connectivity index (χ0v) is 24.0. The number of aliphatic hydroxyl groups excluding tert-OH is 1. The minimum absolute atomic E-state index is 0.00625. The molecule has 1 fully saturated rings. The molecule has 1 aromatic heterocycles. The molecule has 1 aliphatic heterocycles. The Kier molecular flexibility index (Phi) is 7.92. The van der Waals surface area contributed by atoms with Gasteiger partial charge in [0, 0.05) is 35.3 Å². The number of primary amides is 1. The highest BCUT2D eigenvalue weighted by atomic mass is 19.1. The van der Waals surface area contributed by atoms with E-state index in [2.05, 4.69) is 10.4 Å². The summed E-state index contributed by atoms with van der Waals surface area (Å²) in [5, 5.41) is 29.9. The third kappa shape index (κ3) is 5.80. The van der Waals surface area contributed by atoms with E-state index in [1.165, 1.54) is 23.1 Å². The van der Waals surface area contributed by atoms with Gasteiger partial charge in [-0.05, 0) is 85.7 Å². The number of aromatic hydroxyl groups is 1. The summed E-state index contributed by atoms with van der Waals surface area (Å²) < 4.78 is 15.6. The van der Waals surface area contributed by atoms with Crippen LogP contribution < -0.4 is 11.1 Å². The molecule has 0 radical (unpaired) electrons. The molecule has 1 unspecified atom stereocenters. The van der Waals surface area contributed by atoms with Gasteiger partial charge in [0.2, 0.25) is 5.91 Å². The standard InChI is InChI=1S/C32H36FN5O4/c1-19-12-26(35-17-23(39)16-32(2,3)25-15-21(33)9-10-29(25)40)24-18-36-38(28(24)13-19)22-7-4-6-20(14-22)31(42)37-11-5-8-27(37)30(34)41/h4,6-7,9-10,12-15,18,23,27,35,39-40H,5,8,11,16-17H2,1-3H3,(H2,34,41)/t23?,27-/m1/s1. The fraction of sp³-hybridized carbons (Fsp3) is 0.344. The topological polar surface area (TPSA) is 134 Å². The molecule has 1 saturated heterocycles. The predicted molar refractivity (Wildman–Crippen MR) is 159 cm³/mol. The van der Waals surface area contributed by atoms with Gasteiger partial charge >= 0.3 is 0 Å². The number of nitrogens with two attached hydrogens (primary N) is 1. The molecule has 0 saturated carbocycles. The number of phenolic OH excluding ortho intramolecular Hbond substituents is 1. The van der Waals surface area contributed by atoms with Crippen LogP contribution in [0.3, 0.4) is 0 Å². The third-order valence-electron chi connectivity index (χ3n) is 7.97. The predicted octanol–water partition coefficient (Wildman–Crippen LogP) is 4.41. The average Bonchev–Trinajstić information content (AvgIpc) is 3.60. The number of amides is 2. The van der Waals surface area contributed by atoms with Gasteiger partial charge in [-0.2, -0.15) is 5.10 Å². The van der Waals surface area contributed by atoms with Gasteiger partial charge in [-0.15, -0.1) is 0 Å². The number of rotatable bonds is 9. The van der Waals surface area contributed by atoms with Gasteiger partial charge in [0.25, 0.3) is 5.91 Å². The number of halogens is 1. The second-order valence-corrected chi connectivity index (χ2v) is 11.7. The van der Waals surface area contributed by atoms with Crippen molar-refractivity contribution in [2.24, 2.45) is 5.73 Å². The van der Waals surface area contributed by atoms with E-state index in [-0.39, 0.29) is 18.2 Å². The van der Waals surface area contributed by atoms with E-state index in [0.29, 0.717) is 36.2 Å². The quantitative estimate of drug-likeness (QED) is 0.234. The molecule has 3 aromatic carbocycles. The third-order valence-corrected chi connectivity index (χ3v) is 7.97. The Bertz CT molecular complexity index is 1650. The molecule has 0 bridgehead atoms. The van der Waals surface area contributed by atoms with E-state index < -0.39 is 29.3 Å². The molecule has 220 valence electrons. The molecule has 9 nitrogen and oxygen atoms in total. The Morgan fingerprint density at radius 1 is 1.19 bits per heavy atom. The number of hydrogen-bond acceptors (Lipinski definition) is 6. The van der Waals surface area contributed by atoms with E-state index in [4.69, 9.17) is 5.73 Å². The van der Waals surface area contributed by atoms with Gasteiger partial charge in [0.1, 0.15) is 17.6 Å². The number of anilines is 1. The molecule has 0 aliphatic carbocycles. The Labute approximate surface area is 243 Å². The molecular formula is C32H36FN5O4. The van der Waals surface area contributed by atoms with E-state index in [0.717, 1.165) is 28.6 Å². The molecule has 10 heteroatoms. The summed E-state index contributed by atoms with van der Waals surface area (Å²) >= 11 is 0. The van der Waals surface area contributed by atoms with E-state index in [1.54, 1.807) is 29.1 Å². The van der Waals surface area contributed by atoms with Crippen LogP contribution in [0, 0.1) is 12.7 Å². The normalized spacial score (nSPS) is 16.1. The Hall–Kier alpha value is -4.44. The molecular weight excluding hydrogens is 537 g/mol. The lowest BCUT2D eigenvalue weighted by Crippen LogP contribution is -2.43. The van der Waals surface area contributed by atoms with E-state index >= 15 is 0 Å². The number of fused-ring (bicyclic) bond motifs is 1. The SMILES string of the molecule is Cc1cc(NCC(O)CC(C)(C)c2cc(F)ccc2O)c2cnn(-c3cccc(C(=O)N4CCC[C@@H]4C(N)=O)c3)c2c1. The number of likely N-dealkylation sites (tertiary alicyclic amines) is 1. The van der Waals surface area contributed by atoms with Gasteiger partial charge < -0.3 is 26.2 Å². The number of phenols is 1. The monoisotopic (exact) mass is 573 g/mol. The van der Waals surface area contributed by atoms with Gasteiger partial charge in [-0.25, -0.2) is 9.07 Å². The Balaban J connectivity index is 1.36. The van der Waals surface area contributed by atoms with E-state index in [9.17, 15) is 24.2 Å². The Morgan fingerprint density at radius 3 is 2.74 bits per heavy atom. The van der Waals surface area contributed by atoms with Crippen LogP contribution in [0.15, 0.2) is 60.8 Å². The zero-order valence-electron chi connectivity index (χ0n) is 24.0. The number of hydrogen-bond donors (Lipinski definition) is 4. The fourth-order valence-electron chi connectivity index (χ4n) is 5.91. The second-order valence-electron chi connectivity index (χ2n) is 11.7. The highest BCUT2D eigenvalue weighted by molar-refractivity contribution is 5.98. The fourth-order valence-corrected chi connectivity index (χ4v) is 5.91. The summed E-state index contributed by atoms with van der Waals surface area (Å²) in [6.07, 6.45) is 2.54. The van der Waals surface area contributed by atoms with Crippen LogP contribution in [0.2, 0.25) is 0 Å². The molecule has 5 N–H and O–H groups in total. The largest absolute Gasteiger partial charge is 0.508 e. The average molecular weight is 574 g/mol. The number of benzene rings is 3. The van der Waals surface area contributed by atoms with Crippen LogP contribution in [0.1, 0.15) is 54.6 Å². The molecule has 0 spiro atoms. The zero-order chi connectivity index (χ0) is 30.2. The van der Waals surface area contributed by atoms with Crippen molar-refractivity contribution in [3.8, 4) is 11.4 Å². The molecule has 2 amide bonds. The van der Waals surface area contributed by atoms with Crippen molar-refractivity contribution in [1.82, 2.24) is 14.7 Å². The molecule has 4 aromatic rings. The highest BCUT2D eigenvalue weighted by Crippen LogP contribution is 2.35. The van der Waals surface area contributed by atoms with Crippen LogP contribution in [0.25, 0.3) is 16.6 Å². The second kappa shape index (κ2) is 11.4. The van der Waals surface area contributed by atoms with Gasteiger partial charge in [-0.1, -0.05) is 19.9 Å². The summed E-state index contributed by atoms with van der Waals surface area (Å²) in [7, 11) is 0. The maximum atomic E-state index is 13.8. The number of carbonyl (C=O) groups is 2. The molecule has 1 aliphatic rings. The molecule has 5 rings (SSSR count). The van der Waals surface area contributed by atoms with Crippen molar-refractivity contribution in [3.63, 3.8) is 0 Å². The number of nitrogens with zero attached hydrogens (tertiary/aromatic N) is 3. The first-order chi connectivity index (χ1) is 19.9. The summed E-state index contributed by atoms with van der Waals surface area (Å²) in [4.78, 5) is 26.6. The lowest BCUT2D eigenvalue weighted by atomic mass is 9.79. The minimum atomic E-state index is -0.786. The number of aromatic nitrogens is 2. The van der Waals surface area contributed by atoms with Crippen molar-refractivity contribution in [1.29, 1.82) is 0 Å². The van der Waals surface area contributed by atoms with Crippen LogP contribution in [0.5, 0.6) is 5.75 Å². The minimum Gasteiger partial charge on any atom is -0.508 e. The van der Waals surface area contributed by atoms with Crippen molar-refractivity contribution >= 4 is 28.4 Å². The summed E-state index contributed by atoms with van der Waals surface area (Å²) in [5.41, 5.74) is 9.01. The van der Waals surface area contributed by atoms with Crippen molar-refractivity contribution in [2.75, 3.05) is 18.4 Å². The first kappa shape index (κ1) is 29.1. The van der Waals surface area contributed by atoms with Crippen molar-refractivity contribution < 1.29 is 24.2 Å².